The Bertz CT molecular complexity index is 889. The monoisotopic (exact) mass is 471 g/mol. The lowest BCUT2D eigenvalue weighted by Gasteiger charge is -2.43. The fourth-order valence-electron chi connectivity index (χ4n) is 3.26. The lowest BCUT2D eigenvalue weighted by molar-refractivity contribution is -0.321. The van der Waals surface area contributed by atoms with Crippen molar-refractivity contribution in [1.82, 2.24) is 14.8 Å². The molecular formula is C20H26ClN3O8. The summed E-state index contributed by atoms with van der Waals surface area (Å²) in [7, 11) is 0. The van der Waals surface area contributed by atoms with Crippen molar-refractivity contribution >= 4 is 17.6 Å². The second-order valence-electron chi connectivity index (χ2n) is 8.50. The van der Waals surface area contributed by atoms with Crippen LogP contribution in [0.15, 0.2) is 36.9 Å². The van der Waals surface area contributed by atoms with E-state index in [4.69, 9.17) is 25.8 Å². The summed E-state index contributed by atoms with van der Waals surface area (Å²) in [6, 6.07) is 6.59. The first kappa shape index (κ1) is 24.4. The predicted octanol–water partition coefficient (Wildman–Crippen LogP) is 0.833. The molecule has 3 rings (SSSR count). The normalized spacial score (nSPS) is 28.2. The van der Waals surface area contributed by atoms with Crippen molar-refractivity contribution in [2.75, 3.05) is 0 Å². The van der Waals surface area contributed by atoms with Crippen molar-refractivity contribution in [3.8, 4) is 5.75 Å². The Morgan fingerprint density at radius 2 is 1.81 bits per heavy atom. The van der Waals surface area contributed by atoms with E-state index >= 15 is 0 Å². The van der Waals surface area contributed by atoms with E-state index in [9.17, 15) is 25.2 Å². The minimum absolute atomic E-state index is 0.441. The van der Waals surface area contributed by atoms with Crippen molar-refractivity contribution in [3.05, 3.63) is 41.9 Å². The van der Waals surface area contributed by atoms with Crippen molar-refractivity contribution < 1.29 is 39.4 Å². The van der Waals surface area contributed by atoms with Gasteiger partial charge in [0.1, 0.15) is 42.8 Å². The number of carboxylic acid groups (broad SMARTS) is 1. The van der Waals surface area contributed by atoms with Gasteiger partial charge in [-0.3, -0.25) is 0 Å². The molecule has 32 heavy (non-hydrogen) atoms. The lowest BCUT2D eigenvalue weighted by atomic mass is 9.87. The number of halogens is 1. The third kappa shape index (κ3) is 5.37. The first-order chi connectivity index (χ1) is 15.0. The standard InChI is InChI=1S/C20H26ClN3O8/c1-20(2,3)16(32-19-14(27)12(25)13(26)15(31-19)18(28)29)17(24-9-22-8-23-24)30-11-6-4-10(21)5-7-11/h4-9,12-17,19,25-27H,1-3H3,(H,28,29)/t12-,13-,14+,15-,16?,17?,19-/m0/s1. The Morgan fingerprint density at radius 3 is 2.34 bits per heavy atom. The van der Waals surface area contributed by atoms with Crippen LogP contribution in [-0.4, -0.2) is 78.0 Å². The third-order valence-electron chi connectivity index (χ3n) is 4.97. The summed E-state index contributed by atoms with van der Waals surface area (Å²) in [4.78, 5) is 15.4. The van der Waals surface area contributed by atoms with Gasteiger partial charge in [-0.25, -0.2) is 14.5 Å². The van der Waals surface area contributed by atoms with Crippen LogP contribution in [0.4, 0.5) is 0 Å². The van der Waals surface area contributed by atoms with E-state index in [-0.39, 0.29) is 0 Å². The highest BCUT2D eigenvalue weighted by Crippen LogP contribution is 2.36. The number of aliphatic carboxylic acids is 1. The molecule has 1 fully saturated rings. The van der Waals surface area contributed by atoms with Crippen molar-refractivity contribution in [3.63, 3.8) is 0 Å². The Balaban J connectivity index is 1.93. The van der Waals surface area contributed by atoms with Crippen LogP contribution in [0.1, 0.15) is 27.0 Å². The number of ether oxygens (including phenoxy) is 3. The molecule has 0 amide bonds. The zero-order valence-corrected chi connectivity index (χ0v) is 18.4. The predicted molar refractivity (Wildman–Crippen MR) is 110 cm³/mol. The second-order valence-corrected chi connectivity index (χ2v) is 8.93. The first-order valence-corrected chi connectivity index (χ1v) is 10.2. The van der Waals surface area contributed by atoms with Crippen LogP contribution in [0.3, 0.4) is 0 Å². The Kier molecular flexibility index (Phi) is 7.38. The molecule has 0 bridgehead atoms. The number of aliphatic hydroxyl groups is 3. The van der Waals surface area contributed by atoms with E-state index in [1.54, 1.807) is 24.3 Å². The van der Waals surface area contributed by atoms with E-state index in [0.29, 0.717) is 10.8 Å². The molecule has 1 aliphatic heterocycles. The van der Waals surface area contributed by atoms with Crippen LogP contribution in [0.2, 0.25) is 5.02 Å². The van der Waals surface area contributed by atoms with E-state index in [0.717, 1.165) is 0 Å². The van der Waals surface area contributed by atoms with Crippen molar-refractivity contribution in [2.45, 2.75) is 63.8 Å². The molecule has 1 aromatic carbocycles. The van der Waals surface area contributed by atoms with Crippen LogP contribution in [0.25, 0.3) is 0 Å². The molecule has 2 aromatic rings. The average molecular weight is 472 g/mol. The Hall–Kier alpha value is -2.28. The van der Waals surface area contributed by atoms with Crippen LogP contribution in [0, 0.1) is 5.41 Å². The maximum atomic E-state index is 11.4. The highest BCUT2D eigenvalue weighted by Gasteiger charge is 2.50. The smallest absolute Gasteiger partial charge is 0.335 e. The number of carboxylic acids is 1. The van der Waals surface area contributed by atoms with E-state index in [2.05, 4.69) is 10.1 Å². The molecule has 7 atom stereocenters. The SMILES string of the molecule is CC(C)(C)C(O[C@@H]1O[C@H](C(=O)O)[C@@H](O)[C@H](O)[C@H]1O)C(Oc1ccc(Cl)cc1)n1cncn1. The summed E-state index contributed by atoms with van der Waals surface area (Å²) in [5.74, 6) is -1.06. The molecule has 1 aromatic heterocycles. The molecule has 176 valence electrons. The summed E-state index contributed by atoms with van der Waals surface area (Å²) < 4.78 is 18.8. The molecule has 11 nitrogen and oxygen atoms in total. The zero-order valence-electron chi connectivity index (χ0n) is 17.6. The molecule has 4 N–H and O–H groups in total. The van der Waals surface area contributed by atoms with Gasteiger partial charge in [-0.1, -0.05) is 32.4 Å². The number of rotatable bonds is 7. The van der Waals surface area contributed by atoms with Crippen LogP contribution in [0.5, 0.6) is 5.75 Å². The topological polar surface area (TPSA) is 156 Å². The summed E-state index contributed by atoms with van der Waals surface area (Å²) in [5, 5.41) is 44.5. The van der Waals surface area contributed by atoms with E-state index < -0.39 is 54.4 Å². The number of aromatic nitrogens is 3. The number of aliphatic hydroxyl groups excluding tert-OH is 3. The summed E-state index contributed by atoms with van der Waals surface area (Å²) in [5.41, 5.74) is -0.661. The molecule has 0 spiro atoms. The number of benzene rings is 1. The van der Waals surface area contributed by atoms with Gasteiger partial charge < -0.3 is 34.6 Å². The number of hydrogen-bond donors (Lipinski definition) is 4. The average Bonchev–Trinajstić information content (AvgIpc) is 3.25. The molecule has 2 unspecified atom stereocenters. The van der Waals surface area contributed by atoms with Gasteiger partial charge in [-0.2, -0.15) is 5.10 Å². The van der Waals surface area contributed by atoms with Crippen LogP contribution < -0.4 is 4.74 Å². The third-order valence-corrected chi connectivity index (χ3v) is 5.23. The van der Waals surface area contributed by atoms with Gasteiger partial charge in [0.25, 0.3) is 0 Å². The highest BCUT2D eigenvalue weighted by atomic mass is 35.5. The van der Waals surface area contributed by atoms with Gasteiger partial charge in [-0.05, 0) is 29.7 Å². The minimum Gasteiger partial charge on any atom is -0.479 e. The van der Waals surface area contributed by atoms with Gasteiger partial charge in [0.15, 0.2) is 12.4 Å². The summed E-state index contributed by atoms with van der Waals surface area (Å²) in [6.45, 7) is 5.51. The fraction of sp³-hybridized carbons (Fsp3) is 0.550. The van der Waals surface area contributed by atoms with Gasteiger partial charge in [-0.15, -0.1) is 0 Å². The van der Waals surface area contributed by atoms with Crippen molar-refractivity contribution in [1.29, 1.82) is 0 Å². The van der Waals surface area contributed by atoms with Crippen molar-refractivity contribution in [2.24, 2.45) is 5.41 Å². The van der Waals surface area contributed by atoms with E-state index in [1.165, 1.54) is 17.3 Å². The fourth-order valence-corrected chi connectivity index (χ4v) is 3.39. The Labute approximate surface area is 189 Å². The molecule has 12 heteroatoms. The lowest BCUT2D eigenvalue weighted by Crippen LogP contribution is -2.61. The van der Waals surface area contributed by atoms with Gasteiger partial charge in [0.2, 0.25) is 6.23 Å². The molecule has 1 saturated heterocycles. The van der Waals surface area contributed by atoms with Crippen LogP contribution >= 0.6 is 11.6 Å². The zero-order chi connectivity index (χ0) is 23.6. The molecule has 2 heterocycles. The van der Waals surface area contributed by atoms with Gasteiger partial charge >= 0.3 is 5.97 Å². The maximum Gasteiger partial charge on any atom is 0.335 e. The molecule has 0 radical (unpaired) electrons. The Morgan fingerprint density at radius 1 is 1.16 bits per heavy atom. The minimum atomic E-state index is -1.83. The molecule has 1 aliphatic rings. The molecule has 0 saturated carbocycles. The number of hydrogen-bond acceptors (Lipinski definition) is 9. The number of carbonyl (C=O) groups is 1. The summed E-state index contributed by atoms with van der Waals surface area (Å²) >= 11 is 5.95. The maximum absolute atomic E-state index is 11.4. The van der Waals surface area contributed by atoms with Crippen LogP contribution in [-0.2, 0) is 14.3 Å². The van der Waals surface area contributed by atoms with E-state index in [1.807, 2.05) is 20.8 Å². The number of nitrogens with zero attached hydrogens (tertiary/aromatic N) is 3. The first-order valence-electron chi connectivity index (χ1n) is 9.83. The quantitative estimate of drug-likeness (QED) is 0.456. The largest absolute Gasteiger partial charge is 0.479 e. The van der Waals surface area contributed by atoms with Gasteiger partial charge in [0, 0.05) is 5.02 Å². The highest BCUT2D eigenvalue weighted by molar-refractivity contribution is 6.30. The second kappa shape index (κ2) is 9.69. The van der Waals surface area contributed by atoms with Gasteiger partial charge in [0.05, 0.1) is 0 Å². The summed E-state index contributed by atoms with van der Waals surface area (Å²) in [6.07, 6.45) is -7.79. The molecule has 0 aliphatic carbocycles. The molecular weight excluding hydrogens is 446 g/mol.